The molecule has 0 aliphatic carbocycles. The van der Waals surface area contributed by atoms with E-state index in [0.717, 1.165) is 19.4 Å². The lowest BCUT2D eigenvalue weighted by Gasteiger charge is -2.22. The topological polar surface area (TPSA) is 69.6 Å². The molecule has 1 heterocycles. The lowest BCUT2D eigenvalue weighted by Crippen LogP contribution is -2.41. The van der Waals surface area contributed by atoms with Crippen LogP contribution >= 0.6 is 0 Å². The number of carbonyl (C=O) groups excluding carboxylic acids is 1. The van der Waals surface area contributed by atoms with Gasteiger partial charge in [-0.15, -0.1) is 0 Å². The highest BCUT2D eigenvalue weighted by Crippen LogP contribution is 2.19. The first-order chi connectivity index (χ1) is 7.99. The monoisotopic (exact) mass is 242 g/mol. The predicted molar refractivity (Wildman–Crippen MR) is 64.7 cm³/mol. The molecule has 1 rings (SSSR count). The quantitative estimate of drug-likeness (QED) is 0.719. The SMILES string of the molecule is CC(C)CNC(=O)CN1CCCC1CC(=O)O. The van der Waals surface area contributed by atoms with Gasteiger partial charge in [0.15, 0.2) is 0 Å². The molecule has 0 aromatic carbocycles. The van der Waals surface area contributed by atoms with Crippen molar-refractivity contribution in [3.63, 3.8) is 0 Å². The Morgan fingerprint density at radius 3 is 2.76 bits per heavy atom. The van der Waals surface area contributed by atoms with Crippen LogP contribution in [0.15, 0.2) is 0 Å². The van der Waals surface area contributed by atoms with Gasteiger partial charge in [-0.3, -0.25) is 14.5 Å². The van der Waals surface area contributed by atoms with E-state index in [2.05, 4.69) is 5.32 Å². The number of carboxylic acid groups (broad SMARTS) is 1. The van der Waals surface area contributed by atoms with Crippen molar-refractivity contribution in [3.05, 3.63) is 0 Å². The normalized spacial score (nSPS) is 20.8. The zero-order valence-electron chi connectivity index (χ0n) is 10.6. The first kappa shape index (κ1) is 14.0. The fourth-order valence-electron chi connectivity index (χ4n) is 2.09. The largest absolute Gasteiger partial charge is 0.481 e. The van der Waals surface area contributed by atoms with Crippen molar-refractivity contribution in [1.82, 2.24) is 10.2 Å². The molecule has 1 fully saturated rings. The number of rotatable bonds is 6. The van der Waals surface area contributed by atoms with Crippen LogP contribution in [0.4, 0.5) is 0 Å². The second-order valence-corrected chi connectivity index (χ2v) is 5.06. The highest BCUT2D eigenvalue weighted by Gasteiger charge is 2.27. The Hall–Kier alpha value is -1.10. The number of nitrogens with zero attached hydrogens (tertiary/aromatic N) is 1. The third-order valence-corrected chi connectivity index (χ3v) is 2.96. The molecule has 0 bridgehead atoms. The van der Waals surface area contributed by atoms with E-state index in [4.69, 9.17) is 5.11 Å². The molecule has 0 saturated carbocycles. The zero-order chi connectivity index (χ0) is 12.8. The van der Waals surface area contributed by atoms with Crippen LogP contribution in [-0.4, -0.2) is 47.6 Å². The summed E-state index contributed by atoms with van der Waals surface area (Å²) in [4.78, 5) is 24.3. The second kappa shape index (κ2) is 6.59. The average Bonchev–Trinajstić information content (AvgIpc) is 2.62. The summed E-state index contributed by atoms with van der Waals surface area (Å²) < 4.78 is 0. The second-order valence-electron chi connectivity index (χ2n) is 5.06. The Bertz CT molecular complexity index is 279. The number of nitrogens with one attached hydrogen (secondary N) is 1. The maximum Gasteiger partial charge on any atom is 0.304 e. The van der Waals surface area contributed by atoms with Gasteiger partial charge in [-0.05, 0) is 25.3 Å². The molecular weight excluding hydrogens is 220 g/mol. The molecule has 1 amide bonds. The van der Waals surface area contributed by atoms with Crippen LogP contribution in [0, 0.1) is 5.92 Å². The molecule has 0 spiro atoms. The third-order valence-electron chi connectivity index (χ3n) is 2.96. The Kier molecular flexibility index (Phi) is 5.41. The first-order valence-corrected chi connectivity index (χ1v) is 6.21. The molecule has 0 radical (unpaired) electrons. The lowest BCUT2D eigenvalue weighted by atomic mass is 10.1. The van der Waals surface area contributed by atoms with Crippen molar-refractivity contribution in [3.8, 4) is 0 Å². The van der Waals surface area contributed by atoms with E-state index in [1.54, 1.807) is 0 Å². The molecular formula is C12H22N2O3. The van der Waals surface area contributed by atoms with E-state index in [1.807, 2.05) is 18.7 Å². The number of amides is 1. The molecule has 5 nitrogen and oxygen atoms in total. The molecule has 1 aliphatic heterocycles. The minimum atomic E-state index is -0.788. The van der Waals surface area contributed by atoms with Crippen molar-refractivity contribution in [2.45, 2.75) is 39.2 Å². The minimum Gasteiger partial charge on any atom is -0.481 e. The Morgan fingerprint density at radius 1 is 1.47 bits per heavy atom. The predicted octanol–water partition coefficient (Wildman–Crippen LogP) is 0.698. The van der Waals surface area contributed by atoms with Crippen LogP contribution in [0.3, 0.4) is 0 Å². The Labute approximate surface area is 102 Å². The summed E-state index contributed by atoms with van der Waals surface area (Å²) in [7, 11) is 0. The van der Waals surface area contributed by atoms with Gasteiger partial charge in [0.2, 0.25) is 5.91 Å². The molecule has 98 valence electrons. The summed E-state index contributed by atoms with van der Waals surface area (Å²) in [6, 6.07) is 0.0253. The van der Waals surface area contributed by atoms with E-state index >= 15 is 0 Å². The summed E-state index contributed by atoms with van der Waals surface area (Å²) >= 11 is 0. The van der Waals surface area contributed by atoms with Crippen LogP contribution in [0.5, 0.6) is 0 Å². The molecule has 1 unspecified atom stereocenters. The molecule has 1 atom stereocenters. The molecule has 1 saturated heterocycles. The maximum absolute atomic E-state index is 11.6. The van der Waals surface area contributed by atoms with Gasteiger partial charge in [-0.2, -0.15) is 0 Å². The molecule has 0 aromatic heterocycles. The zero-order valence-corrected chi connectivity index (χ0v) is 10.6. The van der Waals surface area contributed by atoms with E-state index in [0.29, 0.717) is 19.0 Å². The summed E-state index contributed by atoms with van der Waals surface area (Å²) in [5, 5.41) is 11.6. The Morgan fingerprint density at radius 2 is 2.18 bits per heavy atom. The minimum absolute atomic E-state index is 0.00371. The fraction of sp³-hybridized carbons (Fsp3) is 0.833. The summed E-state index contributed by atoms with van der Waals surface area (Å²) in [5.41, 5.74) is 0. The van der Waals surface area contributed by atoms with Crippen molar-refractivity contribution < 1.29 is 14.7 Å². The van der Waals surface area contributed by atoms with E-state index in [9.17, 15) is 9.59 Å². The van der Waals surface area contributed by atoms with Gasteiger partial charge in [-0.25, -0.2) is 0 Å². The van der Waals surface area contributed by atoms with E-state index in [1.165, 1.54) is 0 Å². The van der Waals surface area contributed by atoms with Gasteiger partial charge in [0.25, 0.3) is 0 Å². The Balaban J connectivity index is 2.33. The number of carbonyl (C=O) groups is 2. The van der Waals surface area contributed by atoms with Crippen LogP contribution in [0.2, 0.25) is 0 Å². The highest BCUT2D eigenvalue weighted by atomic mass is 16.4. The summed E-state index contributed by atoms with van der Waals surface area (Å²) in [5.74, 6) is -0.354. The van der Waals surface area contributed by atoms with Crippen molar-refractivity contribution in [2.75, 3.05) is 19.6 Å². The first-order valence-electron chi connectivity index (χ1n) is 6.21. The molecule has 5 heteroatoms. The van der Waals surface area contributed by atoms with Crippen LogP contribution < -0.4 is 5.32 Å². The summed E-state index contributed by atoms with van der Waals surface area (Å²) in [6.45, 7) is 5.92. The number of hydrogen-bond donors (Lipinski definition) is 2. The molecule has 1 aliphatic rings. The molecule has 17 heavy (non-hydrogen) atoms. The molecule has 0 aromatic rings. The van der Waals surface area contributed by atoms with Crippen LogP contribution in [0.1, 0.15) is 33.1 Å². The van der Waals surface area contributed by atoms with Gasteiger partial charge in [0, 0.05) is 12.6 Å². The van der Waals surface area contributed by atoms with Crippen molar-refractivity contribution >= 4 is 11.9 Å². The van der Waals surface area contributed by atoms with Crippen molar-refractivity contribution in [2.24, 2.45) is 5.92 Å². The van der Waals surface area contributed by atoms with E-state index in [-0.39, 0.29) is 18.4 Å². The van der Waals surface area contributed by atoms with Gasteiger partial charge < -0.3 is 10.4 Å². The number of carboxylic acids is 1. The standard InChI is InChI=1S/C12H22N2O3/c1-9(2)7-13-11(15)8-14-5-3-4-10(14)6-12(16)17/h9-10H,3-8H2,1-2H3,(H,13,15)(H,16,17). The van der Waals surface area contributed by atoms with Gasteiger partial charge in [0.1, 0.15) is 0 Å². The van der Waals surface area contributed by atoms with Crippen molar-refractivity contribution in [1.29, 1.82) is 0 Å². The number of aliphatic carboxylic acids is 1. The smallest absolute Gasteiger partial charge is 0.304 e. The average molecular weight is 242 g/mol. The number of hydrogen-bond acceptors (Lipinski definition) is 3. The lowest BCUT2D eigenvalue weighted by molar-refractivity contribution is -0.138. The van der Waals surface area contributed by atoms with Gasteiger partial charge in [0.05, 0.1) is 13.0 Å². The van der Waals surface area contributed by atoms with Crippen LogP contribution in [0.25, 0.3) is 0 Å². The molecule has 2 N–H and O–H groups in total. The van der Waals surface area contributed by atoms with Crippen LogP contribution in [-0.2, 0) is 9.59 Å². The van der Waals surface area contributed by atoms with Gasteiger partial charge in [-0.1, -0.05) is 13.8 Å². The summed E-state index contributed by atoms with van der Waals surface area (Å²) in [6.07, 6.45) is 2.00. The maximum atomic E-state index is 11.6. The van der Waals surface area contributed by atoms with Gasteiger partial charge >= 0.3 is 5.97 Å². The van der Waals surface area contributed by atoms with E-state index < -0.39 is 5.97 Å². The highest BCUT2D eigenvalue weighted by molar-refractivity contribution is 5.78. The third kappa shape index (κ3) is 5.17. The number of likely N-dealkylation sites (tertiary alicyclic amines) is 1. The fourth-order valence-corrected chi connectivity index (χ4v) is 2.09.